The Morgan fingerprint density at radius 2 is 1.79 bits per heavy atom. The van der Waals surface area contributed by atoms with E-state index in [4.69, 9.17) is 14.7 Å². The second-order valence-electron chi connectivity index (χ2n) is 6.72. The van der Waals surface area contributed by atoms with Gasteiger partial charge in [-0.1, -0.05) is 24.3 Å². The maximum atomic E-state index is 12.8. The zero-order valence-corrected chi connectivity index (χ0v) is 16.2. The van der Waals surface area contributed by atoms with E-state index in [1.165, 1.54) is 0 Å². The van der Waals surface area contributed by atoms with Crippen LogP contribution in [0, 0.1) is 29.1 Å². The molecule has 0 radical (unpaired) electrons. The van der Waals surface area contributed by atoms with Crippen LogP contribution in [0.5, 0.6) is 5.75 Å². The first-order valence-corrected chi connectivity index (χ1v) is 9.46. The summed E-state index contributed by atoms with van der Waals surface area (Å²) in [5.74, 6) is 6.12. The number of nitrogens with zero attached hydrogens (tertiary/aromatic N) is 1. The van der Waals surface area contributed by atoms with Crippen LogP contribution in [0.25, 0.3) is 0 Å². The van der Waals surface area contributed by atoms with Gasteiger partial charge in [0.25, 0.3) is 0 Å². The van der Waals surface area contributed by atoms with Gasteiger partial charge in [0.2, 0.25) is 0 Å². The summed E-state index contributed by atoms with van der Waals surface area (Å²) >= 11 is 0. The van der Waals surface area contributed by atoms with Gasteiger partial charge in [-0.25, -0.2) is 0 Å². The lowest BCUT2D eigenvalue weighted by Crippen LogP contribution is -2.46. The normalized spacial score (nSPS) is 21.0. The molecule has 28 heavy (non-hydrogen) atoms. The number of carbonyl (C=O) groups is 1. The van der Waals surface area contributed by atoms with Crippen molar-refractivity contribution in [3.05, 3.63) is 65.2 Å². The van der Waals surface area contributed by atoms with Gasteiger partial charge in [-0.05, 0) is 55.7 Å². The largest absolute Gasteiger partial charge is 0.494 e. The first-order chi connectivity index (χ1) is 13.7. The molecule has 2 aromatic rings. The summed E-state index contributed by atoms with van der Waals surface area (Å²) < 4.78 is 11.0. The smallest absolute Gasteiger partial charge is 0.311 e. The van der Waals surface area contributed by atoms with Crippen molar-refractivity contribution in [1.29, 1.82) is 5.26 Å². The molecular formula is C24H23NO3. The van der Waals surface area contributed by atoms with Crippen LogP contribution < -0.4 is 4.74 Å². The molecule has 4 heteroatoms. The van der Waals surface area contributed by atoms with E-state index >= 15 is 0 Å². The number of hydrogen-bond acceptors (Lipinski definition) is 4. The Balaban J connectivity index is 2.17. The Bertz CT molecular complexity index is 929. The third-order valence-corrected chi connectivity index (χ3v) is 5.31. The fourth-order valence-corrected chi connectivity index (χ4v) is 3.97. The zero-order chi connectivity index (χ0) is 20.0. The minimum Gasteiger partial charge on any atom is -0.494 e. The van der Waals surface area contributed by atoms with Crippen molar-refractivity contribution in [3.8, 4) is 23.7 Å². The van der Waals surface area contributed by atoms with Gasteiger partial charge in [0, 0.05) is 11.8 Å². The SMILES string of the molecule is CC#CCC1C(=O)OCCC1(c1ccc(C#N)cc1)c1ccc(OCC)cc1. The van der Waals surface area contributed by atoms with E-state index < -0.39 is 11.3 Å². The average Bonchev–Trinajstić information content (AvgIpc) is 2.73. The maximum Gasteiger partial charge on any atom is 0.311 e. The Morgan fingerprint density at radius 3 is 2.36 bits per heavy atom. The van der Waals surface area contributed by atoms with E-state index in [1.54, 1.807) is 19.1 Å². The molecule has 1 aliphatic heterocycles. The molecule has 0 N–H and O–H groups in total. The molecule has 0 amide bonds. The molecule has 2 unspecified atom stereocenters. The van der Waals surface area contributed by atoms with E-state index in [1.807, 2.05) is 43.3 Å². The number of cyclic esters (lactones) is 1. The van der Waals surface area contributed by atoms with Gasteiger partial charge < -0.3 is 9.47 Å². The molecule has 0 spiro atoms. The van der Waals surface area contributed by atoms with Gasteiger partial charge in [0.1, 0.15) is 5.75 Å². The summed E-state index contributed by atoms with van der Waals surface area (Å²) in [6, 6.07) is 17.6. The standard InChI is InChI=1S/C24H23NO3/c1-3-5-6-22-23(26)28-16-15-24(22,19-9-7-18(17-25)8-10-19)20-11-13-21(14-12-20)27-4-2/h7-14,22H,4,6,15-16H2,1-2H3. The third kappa shape index (κ3) is 3.59. The molecule has 1 aliphatic rings. The van der Waals surface area contributed by atoms with Crippen LogP contribution in [-0.4, -0.2) is 19.2 Å². The second kappa shape index (κ2) is 8.63. The molecule has 2 aromatic carbocycles. The lowest BCUT2D eigenvalue weighted by Gasteiger charge is -2.43. The fraction of sp³-hybridized carbons (Fsp3) is 0.333. The number of rotatable bonds is 5. The average molecular weight is 373 g/mol. The number of nitriles is 1. The molecular weight excluding hydrogens is 350 g/mol. The van der Waals surface area contributed by atoms with E-state index in [2.05, 4.69) is 17.9 Å². The van der Waals surface area contributed by atoms with Crippen LogP contribution in [-0.2, 0) is 14.9 Å². The Kier molecular flexibility index (Phi) is 6.02. The van der Waals surface area contributed by atoms with E-state index in [9.17, 15) is 4.79 Å². The van der Waals surface area contributed by atoms with Gasteiger partial charge in [-0.2, -0.15) is 5.26 Å². The molecule has 1 saturated heterocycles. The fourth-order valence-electron chi connectivity index (χ4n) is 3.97. The highest BCUT2D eigenvalue weighted by molar-refractivity contribution is 5.77. The highest BCUT2D eigenvalue weighted by atomic mass is 16.5. The number of carbonyl (C=O) groups excluding carboxylic acids is 1. The second-order valence-corrected chi connectivity index (χ2v) is 6.72. The van der Waals surface area contributed by atoms with Gasteiger partial charge in [-0.3, -0.25) is 4.79 Å². The van der Waals surface area contributed by atoms with Crippen molar-refractivity contribution in [3.63, 3.8) is 0 Å². The van der Waals surface area contributed by atoms with E-state index in [0.29, 0.717) is 31.6 Å². The minimum absolute atomic E-state index is 0.229. The molecule has 0 bridgehead atoms. The molecule has 0 aliphatic carbocycles. The molecule has 0 saturated carbocycles. The molecule has 4 nitrogen and oxygen atoms in total. The molecule has 1 fully saturated rings. The summed E-state index contributed by atoms with van der Waals surface area (Å²) in [6.07, 6.45) is 1.08. The minimum atomic E-state index is -0.558. The highest BCUT2D eigenvalue weighted by Gasteiger charge is 2.49. The number of hydrogen-bond donors (Lipinski definition) is 0. The van der Waals surface area contributed by atoms with Crippen molar-refractivity contribution in [2.24, 2.45) is 5.92 Å². The number of benzene rings is 2. The predicted molar refractivity (Wildman–Crippen MR) is 107 cm³/mol. The van der Waals surface area contributed by atoms with Crippen LogP contribution in [0.3, 0.4) is 0 Å². The predicted octanol–water partition coefficient (Wildman–Crippen LogP) is 4.22. The van der Waals surface area contributed by atoms with Gasteiger partial charge in [0.05, 0.1) is 30.8 Å². The van der Waals surface area contributed by atoms with E-state index in [0.717, 1.165) is 16.9 Å². The van der Waals surface area contributed by atoms with Crippen LogP contribution in [0.1, 0.15) is 43.4 Å². The lowest BCUT2D eigenvalue weighted by molar-refractivity contribution is -0.156. The van der Waals surface area contributed by atoms with Crippen LogP contribution in [0.2, 0.25) is 0 Å². The Hall–Kier alpha value is -3.24. The van der Waals surface area contributed by atoms with Gasteiger partial charge >= 0.3 is 5.97 Å². The summed E-state index contributed by atoms with van der Waals surface area (Å²) in [4.78, 5) is 12.8. The van der Waals surface area contributed by atoms with Crippen molar-refractivity contribution in [2.75, 3.05) is 13.2 Å². The molecule has 142 valence electrons. The molecule has 2 atom stereocenters. The van der Waals surface area contributed by atoms with E-state index in [-0.39, 0.29) is 5.97 Å². The zero-order valence-electron chi connectivity index (χ0n) is 16.2. The summed E-state index contributed by atoms with van der Waals surface area (Å²) in [7, 11) is 0. The van der Waals surface area contributed by atoms with Gasteiger partial charge in [-0.15, -0.1) is 11.8 Å². The molecule has 0 aromatic heterocycles. The van der Waals surface area contributed by atoms with Crippen LogP contribution in [0.4, 0.5) is 0 Å². The summed E-state index contributed by atoms with van der Waals surface area (Å²) in [5, 5.41) is 9.16. The topological polar surface area (TPSA) is 59.3 Å². The maximum absolute atomic E-state index is 12.8. The quantitative estimate of drug-likeness (QED) is 0.582. The van der Waals surface area contributed by atoms with Crippen LogP contribution in [0.15, 0.2) is 48.5 Å². The first kappa shape index (κ1) is 19.5. The van der Waals surface area contributed by atoms with Crippen LogP contribution >= 0.6 is 0 Å². The molecule has 1 heterocycles. The summed E-state index contributed by atoms with van der Waals surface area (Å²) in [6.45, 7) is 4.67. The number of esters is 1. The summed E-state index contributed by atoms with van der Waals surface area (Å²) in [5.41, 5.74) is 2.06. The van der Waals surface area contributed by atoms with Crippen molar-refractivity contribution in [1.82, 2.24) is 0 Å². The first-order valence-electron chi connectivity index (χ1n) is 9.46. The highest BCUT2D eigenvalue weighted by Crippen LogP contribution is 2.47. The molecule has 3 rings (SSSR count). The van der Waals surface area contributed by atoms with Gasteiger partial charge in [0.15, 0.2) is 0 Å². The van der Waals surface area contributed by atoms with Crippen molar-refractivity contribution in [2.45, 2.75) is 32.1 Å². The monoisotopic (exact) mass is 373 g/mol. The van der Waals surface area contributed by atoms with Crippen molar-refractivity contribution >= 4 is 5.97 Å². The lowest BCUT2D eigenvalue weighted by atomic mass is 9.62. The third-order valence-electron chi connectivity index (χ3n) is 5.31. The Labute approximate surface area is 166 Å². The van der Waals surface area contributed by atoms with Crippen molar-refractivity contribution < 1.29 is 14.3 Å². The Morgan fingerprint density at radius 1 is 1.14 bits per heavy atom. The number of ether oxygens (including phenoxy) is 2.